The molecule has 0 unspecified atom stereocenters. The monoisotopic (exact) mass is 446 g/mol. The Hall–Kier alpha value is -1.23. The van der Waals surface area contributed by atoms with Gasteiger partial charge in [0, 0.05) is 12.2 Å². The second-order valence-electron chi connectivity index (χ2n) is 4.49. The first-order valence-corrected chi connectivity index (χ1v) is 6.99. The number of rotatable bonds is 7. The Bertz CT molecular complexity index is 476. The lowest BCUT2D eigenvalue weighted by Gasteiger charge is -2.16. The lowest BCUT2D eigenvalue weighted by molar-refractivity contribution is -0.274. The third-order valence-corrected chi connectivity index (χ3v) is 2.95. The van der Waals surface area contributed by atoms with E-state index in [0.717, 1.165) is 19.6 Å². The third-order valence-electron chi connectivity index (χ3n) is 2.95. The molecule has 0 atom stereocenters. The number of hydrogen-bond acceptors (Lipinski definition) is 3. The van der Waals surface area contributed by atoms with Crippen molar-refractivity contribution >= 4 is 35.6 Å². The third kappa shape index (κ3) is 9.49. The summed E-state index contributed by atoms with van der Waals surface area (Å²) in [7, 11) is 0. The van der Waals surface area contributed by atoms with Gasteiger partial charge in [0.15, 0.2) is 5.96 Å². The van der Waals surface area contributed by atoms with Gasteiger partial charge < -0.3 is 20.7 Å². The molecule has 0 aliphatic rings. The van der Waals surface area contributed by atoms with Gasteiger partial charge in [-0.2, -0.15) is 0 Å². The molecule has 9 heteroatoms. The standard InChI is InChI=1S/C14H21F3N4O.HI/c1-3-21(4-2)10-9-19-13(18)20-11-5-7-12(8-6-11)22-14(15,16)17;/h5-8H,3-4,9-10H2,1-2H3,(H3,18,19,20);1H. The zero-order chi connectivity index (χ0) is 16.6. The minimum Gasteiger partial charge on any atom is -0.406 e. The van der Waals surface area contributed by atoms with Gasteiger partial charge in [-0.05, 0) is 37.4 Å². The zero-order valence-corrected chi connectivity index (χ0v) is 15.4. The van der Waals surface area contributed by atoms with E-state index in [9.17, 15) is 13.2 Å². The molecule has 0 saturated carbocycles. The lowest BCUT2D eigenvalue weighted by atomic mass is 10.3. The number of guanidine groups is 1. The zero-order valence-electron chi connectivity index (χ0n) is 13.1. The van der Waals surface area contributed by atoms with Crippen LogP contribution in [0.2, 0.25) is 0 Å². The topological polar surface area (TPSA) is 62.9 Å². The van der Waals surface area contributed by atoms with Crippen LogP contribution in [0.3, 0.4) is 0 Å². The molecule has 0 aromatic heterocycles. The molecule has 0 heterocycles. The van der Waals surface area contributed by atoms with E-state index in [2.05, 4.69) is 33.8 Å². The molecule has 132 valence electrons. The molecular formula is C14H22F3IN4O. The minimum atomic E-state index is -4.69. The summed E-state index contributed by atoms with van der Waals surface area (Å²) in [6.45, 7) is 7.38. The van der Waals surface area contributed by atoms with Crippen molar-refractivity contribution in [3.63, 3.8) is 0 Å². The van der Waals surface area contributed by atoms with E-state index in [1.165, 1.54) is 24.3 Å². The van der Waals surface area contributed by atoms with Crippen molar-refractivity contribution in [2.45, 2.75) is 20.2 Å². The molecule has 0 spiro atoms. The lowest BCUT2D eigenvalue weighted by Crippen LogP contribution is -2.28. The van der Waals surface area contributed by atoms with Crippen LogP contribution in [0.5, 0.6) is 5.75 Å². The predicted molar refractivity (Wildman–Crippen MR) is 96.4 cm³/mol. The van der Waals surface area contributed by atoms with Crippen molar-refractivity contribution in [3.8, 4) is 5.75 Å². The number of benzene rings is 1. The van der Waals surface area contributed by atoms with Crippen LogP contribution in [-0.4, -0.2) is 43.4 Å². The average Bonchev–Trinajstić information content (AvgIpc) is 2.44. The van der Waals surface area contributed by atoms with Gasteiger partial charge in [-0.15, -0.1) is 37.1 Å². The SMILES string of the molecule is CCN(CC)CCN=C(N)Nc1ccc(OC(F)(F)F)cc1.I. The normalized spacial score (nSPS) is 12.0. The Morgan fingerprint density at radius 1 is 1.22 bits per heavy atom. The molecule has 23 heavy (non-hydrogen) atoms. The fourth-order valence-corrected chi connectivity index (χ4v) is 1.78. The second kappa shape index (κ2) is 10.5. The van der Waals surface area contributed by atoms with Crippen molar-refractivity contribution in [2.24, 2.45) is 10.7 Å². The number of hydrogen-bond donors (Lipinski definition) is 2. The summed E-state index contributed by atoms with van der Waals surface area (Å²) in [5.41, 5.74) is 6.26. The van der Waals surface area contributed by atoms with Crippen LogP contribution in [0.1, 0.15) is 13.8 Å². The number of nitrogens with zero attached hydrogens (tertiary/aromatic N) is 2. The van der Waals surface area contributed by atoms with Gasteiger partial charge in [0.1, 0.15) is 5.75 Å². The molecule has 0 radical (unpaired) electrons. The van der Waals surface area contributed by atoms with Gasteiger partial charge in [0.25, 0.3) is 0 Å². The predicted octanol–water partition coefficient (Wildman–Crippen LogP) is 3.27. The largest absolute Gasteiger partial charge is 0.573 e. The van der Waals surface area contributed by atoms with Crippen molar-refractivity contribution in [1.29, 1.82) is 0 Å². The highest BCUT2D eigenvalue weighted by Crippen LogP contribution is 2.23. The Balaban J connectivity index is 0.00000484. The molecule has 0 amide bonds. The van der Waals surface area contributed by atoms with E-state index in [1.54, 1.807) is 0 Å². The highest BCUT2D eigenvalue weighted by Gasteiger charge is 2.30. The van der Waals surface area contributed by atoms with Crippen LogP contribution >= 0.6 is 24.0 Å². The maximum atomic E-state index is 12.0. The first-order valence-electron chi connectivity index (χ1n) is 6.99. The van der Waals surface area contributed by atoms with E-state index in [1.807, 2.05) is 0 Å². The quantitative estimate of drug-likeness (QED) is 0.384. The van der Waals surface area contributed by atoms with Crippen LogP contribution in [0.15, 0.2) is 29.3 Å². The number of alkyl halides is 3. The fourth-order valence-electron chi connectivity index (χ4n) is 1.78. The summed E-state index contributed by atoms with van der Waals surface area (Å²) in [5.74, 6) is -0.0632. The molecule has 1 aromatic carbocycles. The summed E-state index contributed by atoms with van der Waals surface area (Å²) in [6.07, 6.45) is -4.69. The van der Waals surface area contributed by atoms with Crippen molar-refractivity contribution in [1.82, 2.24) is 4.90 Å². The summed E-state index contributed by atoms with van der Waals surface area (Å²) < 4.78 is 39.9. The van der Waals surface area contributed by atoms with E-state index < -0.39 is 6.36 Å². The Morgan fingerprint density at radius 2 is 1.78 bits per heavy atom. The first kappa shape index (κ1) is 21.8. The second-order valence-corrected chi connectivity index (χ2v) is 4.49. The molecule has 0 saturated heterocycles. The Kier molecular flexibility index (Phi) is 9.96. The van der Waals surface area contributed by atoms with Gasteiger partial charge in [-0.25, -0.2) is 0 Å². The molecule has 0 bridgehead atoms. The number of aliphatic imine (C=N–C) groups is 1. The van der Waals surface area contributed by atoms with Crippen molar-refractivity contribution < 1.29 is 17.9 Å². The number of halogens is 4. The van der Waals surface area contributed by atoms with Gasteiger partial charge in [-0.3, -0.25) is 4.99 Å². The van der Waals surface area contributed by atoms with Gasteiger partial charge in [0.05, 0.1) is 6.54 Å². The summed E-state index contributed by atoms with van der Waals surface area (Å²) in [6, 6.07) is 5.29. The minimum absolute atomic E-state index is 0. The highest BCUT2D eigenvalue weighted by atomic mass is 127. The maximum Gasteiger partial charge on any atom is 0.573 e. The van der Waals surface area contributed by atoms with Crippen LogP contribution in [-0.2, 0) is 0 Å². The van der Waals surface area contributed by atoms with Gasteiger partial charge in [0.2, 0.25) is 0 Å². The van der Waals surface area contributed by atoms with Crippen molar-refractivity contribution in [3.05, 3.63) is 24.3 Å². The van der Waals surface area contributed by atoms with E-state index in [4.69, 9.17) is 5.73 Å². The maximum absolute atomic E-state index is 12.0. The average molecular weight is 446 g/mol. The van der Waals surface area contributed by atoms with Crippen LogP contribution < -0.4 is 15.8 Å². The molecule has 1 rings (SSSR count). The highest BCUT2D eigenvalue weighted by molar-refractivity contribution is 14.0. The van der Waals surface area contributed by atoms with Crippen LogP contribution in [0.25, 0.3) is 0 Å². The van der Waals surface area contributed by atoms with Gasteiger partial charge >= 0.3 is 6.36 Å². The van der Waals surface area contributed by atoms with Crippen LogP contribution in [0, 0.1) is 0 Å². The van der Waals surface area contributed by atoms with E-state index in [0.29, 0.717) is 12.2 Å². The summed E-state index contributed by atoms with van der Waals surface area (Å²) >= 11 is 0. The molecule has 1 aromatic rings. The molecule has 5 nitrogen and oxygen atoms in total. The summed E-state index contributed by atoms with van der Waals surface area (Å²) in [5, 5.41) is 2.81. The van der Waals surface area contributed by atoms with E-state index >= 15 is 0 Å². The Morgan fingerprint density at radius 3 is 2.26 bits per heavy atom. The fraction of sp³-hybridized carbons (Fsp3) is 0.500. The molecule has 3 N–H and O–H groups in total. The Labute approximate surface area is 151 Å². The van der Waals surface area contributed by atoms with Gasteiger partial charge in [-0.1, -0.05) is 13.8 Å². The number of nitrogens with one attached hydrogen (secondary N) is 1. The van der Waals surface area contributed by atoms with Crippen molar-refractivity contribution in [2.75, 3.05) is 31.5 Å². The molecule has 0 aliphatic carbocycles. The number of ether oxygens (including phenoxy) is 1. The number of nitrogens with two attached hydrogens (primary N) is 1. The number of likely N-dealkylation sites (N-methyl/N-ethyl adjacent to an activating group) is 1. The molecular weight excluding hydrogens is 424 g/mol. The molecule has 0 fully saturated rings. The molecule has 0 aliphatic heterocycles. The summed E-state index contributed by atoms with van der Waals surface area (Å²) in [4.78, 5) is 6.38. The first-order chi connectivity index (χ1) is 10.3. The number of anilines is 1. The van der Waals surface area contributed by atoms with E-state index in [-0.39, 0.29) is 35.7 Å². The van der Waals surface area contributed by atoms with Crippen LogP contribution in [0.4, 0.5) is 18.9 Å². The smallest absolute Gasteiger partial charge is 0.406 e.